The molecule has 0 spiro atoms. The number of hydrogen-bond donors (Lipinski definition) is 0. The Balaban J connectivity index is 2.91. The topological polar surface area (TPSA) is 17.1 Å². The van der Waals surface area contributed by atoms with Gasteiger partial charge in [0, 0.05) is 5.56 Å². The molecule has 11 heavy (non-hydrogen) atoms. The molecule has 0 heterocycles. The van der Waals surface area contributed by atoms with Gasteiger partial charge in [-0.3, -0.25) is 0 Å². The first-order chi connectivity index (χ1) is 5.24. The molecule has 1 nitrogen and oxygen atoms in total. The summed E-state index contributed by atoms with van der Waals surface area (Å²) in [6.07, 6.45) is 0.485. The van der Waals surface area contributed by atoms with Crippen LogP contribution in [0.1, 0.15) is 15.9 Å². The van der Waals surface area contributed by atoms with E-state index in [1.165, 1.54) is 0 Å². The Morgan fingerprint density at radius 1 is 1.27 bits per heavy atom. The molecule has 3 heteroatoms. The van der Waals surface area contributed by atoms with Crippen LogP contribution in [0.15, 0.2) is 24.3 Å². The molecule has 0 fully saturated rings. The van der Waals surface area contributed by atoms with Crippen molar-refractivity contribution in [3.63, 3.8) is 0 Å². The first kappa shape index (κ1) is 8.12. The number of benzene rings is 1. The lowest BCUT2D eigenvalue weighted by Gasteiger charge is -1.97. The van der Waals surface area contributed by atoms with Gasteiger partial charge in [0.05, 0.1) is 7.85 Å². The largest absolute Gasteiger partial charge is 0.307 e. The van der Waals surface area contributed by atoms with Crippen molar-refractivity contribution in [1.29, 1.82) is 0 Å². The molecule has 0 amide bonds. The molecule has 0 aliphatic carbocycles. The fourth-order valence-corrected chi connectivity index (χ4v) is 0.805. The zero-order valence-corrected chi connectivity index (χ0v) is 6.08. The van der Waals surface area contributed by atoms with Crippen molar-refractivity contribution in [2.45, 2.75) is 6.32 Å². The van der Waals surface area contributed by atoms with Crippen LogP contribution < -0.4 is 0 Å². The summed E-state index contributed by atoms with van der Waals surface area (Å²) < 4.78 is 0. The van der Waals surface area contributed by atoms with Crippen molar-refractivity contribution in [3.8, 4) is 0 Å². The highest BCUT2D eigenvalue weighted by Crippen LogP contribution is 2.03. The maximum absolute atomic E-state index is 10.6. The Bertz CT molecular complexity index is 253. The van der Waals surface area contributed by atoms with E-state index in [4.69, 9.17) is 15.7 Å². The average Bonchev–Trinajstić information content (AvgIpc) is 2.05. The molecule has 0 aliphatic heterocycles. The molecule has 1 aromatic rings. The molecule has 0 saturated carbocycles. The molecule has 0 N–H and O–H groups in total. The van der Waals surface area contributed by atoms with Crippen molar-refractivity contribution in [2.24, 2.45) is 0 Å². The molecular formula is C8H6B2O. The van der Waals surface area contributed by atoms with E-state index in [1.807, 2.05) is 0 Å². The molecule has 0 bridgehead atoms. The van der Waals surface area contributed by atoms with Crippen LogP contribution in [0, 0.1) is 0 Å². The Morgan fingerprint density at radius 2 is 1.82 bits per heavy atom. The fraction of sp³-hybridized carbons (Fsp3) is 0.125. The Labute approximate surface area is 68.6 Å². The molecule has 1 aromatic carbocycles. The van der Waals surface area contributed by atoms with Gasteiger partial charge in [-0.1, -0.05) is 36.1 Å². The summed E-state index contributed by atoms with van der Waals surface area (Å²) >= 11 is 0. The van der Waals surface area contributed by atoms with Crippen molar-refractivity contribution < 1.29 is 4.79 Å². The van der Waals surface area contributed by atoms with Gasteiger partial charge < -0.3 is 4.79 Å². The quantitative estimate of drug-likeness (QED) is 0.551. The first-order valence-electron chi connectivity index (χ1n) is 3.33. The third-order valence-electron chi connectivity index (χ3n) is 1.47. The molecule has 0 atom stereocenters. The molecule has 0 aromatic heterocycles. The lowest BCUT2D eigenvalue weighted by molar-refractivity contribution is 0.108. The summed E-state index contributed by atoms with van der Waals surface area (Å²) in [5.41, 5.74) is 1.10. The maximum Gasteiger partial charge on any atom is 0.175 e. The van der Waals surface area contributed by atoms with E-state index >= 15 is 0 Å². The van der Waals surface area contributed by atoms with Gasteiger partial charge in [-0.2, -0.15) is 0 Å². The molecule has 1 rings (SSSR count). The highest BCUT2D eigenvalue weighted by Gasteiger charge is 1.95. The van der Waals surface area contributed by atoms with Crippen LogP contribution in [-0.2, 0) is 6.32 Å². The minimum atomic E-state index is -0.409. The first-order valence-corrected chi connectivity index (χ1v) is 3.33. The third kappa shape index (κ3) is 1.97. The second-order valence-electron chi connectivity index (χ2n) is 2.27. The third-order valence-corrected chi connectivity index (χ3v) is 1.47. The Kier molecular flexibility index (Phi) is 2.53. The summed E-state index contributed by atoms with van der Waals surface area (Å²) in [6, 6.07) is 6.93. The van der Waals surface area contributed by atoms with E-state index in [0.29, 0.717) is 11.9 Å². The number of carbonyl (C=O) groups is 1. The summed E-state index contributed by atoms with van der Waals surface area (Å²) in [6.45, 7) is 0. The molecular weight excluding hydrogens is 134 g/mol. The van der Waals surface area contributed by atoms with Gasteiger partial charge in [0.1, 0.15) is 5.68 Å². The van der Waals surface area contributed by atoms with Gasteiger partial charge in [-0.05, 0) is 0 Å². The number of hydrogen-bond acceptors (Lipinski definition) is 1. The minimum absolute atomic E-state index is 0.409. The van der Waals surface area contributed by atoms with Crippen molar-refractivity contribution in [3.05, 3.63) is 35.4 Å². The highest BCUT2D eigenvalue weighted by molar-refractivity contribution is 6.62. The normalized spacial score (nSPS) is 9.45. The van der Waals surface area contributed by atoms with E-state index in [2.05, 4.69) is 0 Å². The summed E-state index contributed by atoms with van der Waals surface area (Å²) in [7, 11) is 10.4. The van der Waals surface area contributed by atoms with E-state index in [-0.39, 0.29) is 0 Å². The monoisotopic (exact) mass is 140 g/mol. The van der Waals surface area contributed by atoms with Crippen LogP contribution in [0.25, 0.3) is 0 Å². The minimum Gasteiger partial charge on any atom is -0.307 e. The molecule has 0 aliphatic rings. The van der Waals surface area contributed by atoms with Gasteiger partial charge in [0.2, 0.25) is 0 Å². The lowest BCUT2D eigenvalue weighted by atomic mass is 9.91. The predicted molar refractivity (Wildman–Crippen MR) is 46.0 cm³/mol. The Hall–Kier alpha value is -0.980. The van der Waals surface area contributed by atoms with Gasteiger partial charge >= 0.3 is 0 Å². The number of carbonyl (C=O) groups excluding carboxylic acids is 1. The van der Waals surface area contributed by atoms with Gasteiger partial charge in [0.15, 0.2) is 7.85 Å². The molecule has 0 saturated heterocycles. The van der Waals surface area contributed by atoms with Crippen LogP contribution in [0.3, 0.4) is 0 Å². The molecule has 4 radical (unpaired) electrons. The predicted octanol–water partition coefficient (Wildman–Crippen LogP) is 0.664. The van der Waals surface area contributed by atoms with Crippen LogP contribution in [0.4, 0.5) is 0 Å². The maximum atomic E-state index is 10.6. The van der Waals surface area contributed by atoms with Crippen molar-refractivity contribution in [1.82, 2.24) is 0 Å². The standard InChI is InChI=1S/C8H6B2O/c9-5-6-1-3-7(4-2-6)8(10)11/h1-4H,5H2. The SMILES string of the molecule is [B]Cc1ccc(C([B])=O)cc1. The summed E-state index contributed by atoms with van der Waals surface area (Å²) in [5, 5.41) is 0. The van der Waals surface area contributed by atoms with Crippen LogP contribution in [-0.4, -0.2) is 21.4 Å². The smallest absolute Gasteiger partial charge is 0.175 e. The Morgan fingerprint density at radius 3 is 2.18 bits per heavy atom. The second-order valence-corrected chi connectivity index (χ2v) is 2.27. The van der Waals surface area contributed by atoms with E-state index < -0.39 is 5.68 Å². The van der Waals surface area contributed by atoms with Crippen molar-refractivity contribution >= 4 is 21.4 Å². The zero-order valence-electron chi connectivity index (χ0n) is 6.08. The second kappa shape index (κ2) is 3.42. The molecule has 50 valence electrons. The van der Waals surface area contributed by atoms with Gasteiger partial charge in [0.25, 0.3) is 0 Å². The van der Waals surface area contributed by atoms with Gasteiger partial charge in [-0.15, -0.1) is 0 Å². The van der Waals surface area contributed by atoms with Gasteiger partial charge in [-0.25, -0.2) is 0 Å². The van der Waals surface area contributed by atoms with Crippen LogP contribution in [0.5, 0.6) is 0 Å². The fourth-order valence-electron chi connectivity index (χ4n) is 0.805. The van der Waals surface area contributed by atoms with Crippen molar-refractivity contribution in [2.75, 3.05) is 0 Å². The average molecular weight is 140 g/mol. The highest BCUT2D eigenvalue weighted by atomic mass is 16.1. The van der Waals surface area contributed by atoms with E-state index in [0.717, 1.165) is 5.56 Å². The summed E-state index contributed by atoms with van der Waals surface area (Å²) in [4.78, 5) is 10.6. The van der Waals surface area contributed by atoms with E-state index in [9.17, 15) is 4.79 Å². The molecule has 0 unspecified atom stereocenters. The number of rotatable bonds is 2. The lowest BCUT2D eigenvalue weighted by Crippen LogP contribution is -1.96. The van der Waals surface area contributed by atoms with Crippen LogP contribution >= 0.6 is 0 Å². The summed E-state index contributed by atoms with van der Waals surface area (Å²) in [5.74, 6) is 0. The van der Waals surface area contributed by atoms with Crippen LogP contribution in [0.2, 0.25) is 0 Å². The zero-order chi connectivity index (χ0) is 8.27. The van der Waals surface area contributed by atoms with E-state index in [1.54, 1.807) is 24.3 Å².